The Morgan fingerprint density at radius 1 is 0.975 bits per heavy atom. The van der Waals surface area contributed by atoms with Crippen LogP contribution in [0, 0.1) is 0 Å². The van der Waals surface area contributed by atoms with Gasteiger partial charge < -0.3 is 23.7 Å². The molecule has 2 aliphatic rings. The van der Waals surface area contributed by atoms with Crippen LogP contribution in [0.15, 0.2) is 30.3 Å². The van der Waals surface area contributed by atoms with Crippen LogP contribution in [0.25, 0.3) is 6.08 Å². The second-order valence-corrected chi connectivity index (χ2v) is 10.5. The van der Waals surface area contributed by atoms with E-state index in [9.17, 15) is 14.4 Å². The third kappa shape index (κ3) is 6.66. The van der Waals surface area contributed by atoms with Crippen LogP contribution in [0.4, 0.5) is 0 Å². The maximum Gasteiger partial charge on any atom is 0.342 e. The molecule has 0 saturated carbocycles. The van der Waals surface area contributed by atoms with Crippen molar-refractivity contribution in [2.24, 2.45) is 0 Å². The van der Waals surface area contributed by atoms with Gasteiger partial charge in [-0.1, -0.05) is 18.2 Å². The van der Waals surface area contributed by atoms with E-state index in [2.05, 4.69) is 0 Å². The van der Waals surface area contributed by atoms with Crippen molar-refractivity contribution in [2.75, 3.05) is 14.2 Å². The standard InChI is InChI=1S/C32H38O8/c1-19(2)38-25-15-14-21(16-26(25)36-4)24-18-28(34)40-27-17-22-11-7-6-8-12-23(33)13-9-10-20(3)39-32(35)29(22)31(37-5)30(24)27/h7,11,14-17,19-20,24H,6,8-10,12-13,18H2,1-5H3/t20-,24+/m0/s1. The van der Waals surface area contributed by atoms with Crippen molar-refractivity contribution in [1.82, 2.24) is 0 Å². The van der Waals surface area contributed by atoms with E-state index in [1.807, 2.05) is 45.0 Å². The zero-order valence-electron chi connectivity index (χ0n) is 23.9. The number of allylic oxidation sites excluding steroid dienone is 1. The van der Waals surface area contributed by atoms with Crippen LogP contribution in [0.3, 0.4) is 0 Å². The number of benzene rings is 2. The highest BCUT2D eigenvalue weighted by atomic mass is 16.6. The van der Waals surface area contributed by atoms with Crippen molar-refractivity contribution in [3.63, 3.8) is 0 Å². The third-order valence-corrected chi connectivity index (χ3v) is 7.11. The SMILES string of the molecule is COc1cc([C@H]2CC(=O)Oc3cc4c(c(OC)c32)C(=O)O[C@@H](C)CCCC(=O)CCCC=C4)ccc1OC(C)C. The third-order valence-electron chi connectivity index (χ3n) is 7.11. The predicted molar refractivity (Wildman–Crippen MR) is 150 cm³/mol. The van der Waals surface area contributed by atoms with Crippen LogP contribution in [0.5, 0.6) is 23.0 Å². The predicted octanol–water partition coefficient (Wildman–Crippen LogP) is 6.41. The van der Waals surface area contributed by atoms with Gasteiger partial charge in [-0.2, -0.15) is 0 Å². The molecule has 2 heterocycles. The molecule has 8 heteroatoms. The number of hydrogen-bond acceptors (Lipinski definition) is 8. The summed E-state index contributed by atoms with van der Waals surface area (Å²) in [5, 5.41) is 0. The molecular formula is C32H38O8. The number of methoxy groups -OCH3 is 2. The van der Waals surface area contributed by atoms with Gasteiger partial charge in [-0.3, -0.25) is 9.59 Å². The smallest absolute Gasteiger partial charge is 0.342 e. The van der Waals surface area contributed by atoms with Gasteiger partial charge in [0.2, 0.25) is 0 Å². The summed E-state index contributed by atoms with van der Waals surface area (Å²) < 4.78 is 28.9. The number of hydrogen-bond donors (Lipinski definition) is 0. The van der Waals surface area contributed by atoms with E-state index in [4.69, 9.17) is 23.7 Å². The Bertz CT molecular complexity index is 1290. The van der Waals surface area contributed by atoms with Crippen LogP contribution >= 0.6 is 0 Å². The first-order chi connectivity index (χ1) is 19.2. The van der Waals surface area contributed by atoms with Crippen molar-refractivity contribution in [2.45, 2.75) is 83.8 Å². The minimum Gasteiger partial charge on any atom is -0.495 e. The molecule has 2 aromatic carbocycles. The minimum atomic E-state index is -0.524. The zero-order chi connectivity index (χ0) is 28.8. The molecule has 0 unspecified atom stereocenters. The van der Waals surface area contributed by atoms with Gasteiger partial charge in [0.05, 0.1) is 32.8 Å². The summed E-state index contributed by atoms with van der Waals surface area (Å²) in [4.78, 5) is 38.6. The van der Waals surface area contributed by atoms with Gasteiger partial charge in [0.25, 0.3) is 0 Å². The average Bonchev–Trinajstić information content (AvgIpc) is 2.90. The molecule has 0 bridgehead atoms. The van der Waals surface area contributed by atoms with Crippen molar-refractivity contribution < 1.29 is 38.1 Å². The van der Waals surface area contributed by atoms with E-state index in [0.717, 1.165) is 12.0 Å². The van der Waals surface area contributed by atoms with Crippen LogP contribution in [-0.4, -0.2) is 44.1 Å². The average molecular weight is 551 g/mol. The largest absolute Gasteiger partial charge is 0.495 e. The van der Waals surface area contributed by atoms with Gasteiger partial charge in [-0.05, 0) is 75.8 Å². The Balaban J connectivity index is 1.84. The first kappa shape index (κ1) is 29.2. The molecule has 0 N–H and O–H groups in total. The molecular weight excluding hydrogens is 512 g/mol. The van der Waals surface area contributed by atoms with Crippen molar-refractivity contribution in [3.05, 3.63) is 52.6 Å². The highest BCUT2D eigenvalue weighted by molar-refractivity contribution is 5.99. The van der Waals surface area contributed by atoms with Crippen molar-refractivity contribution in [1.29, 1.82) is 0 Å². The van der Waals surface area contributed by atoms with Gasteiger partial charge >= 0.3 is 11.9 Å². The maximum absolute atomic E-state index is 13.6. The summed E-state index contributed by atoms with van der Waals surface area (Å²) in [6, 6.07) is 7.26. The molecule has 0 radical (unpaired) electrons. The Hall–Kier alpha value is -3.81. The van der Waals surface area contributed by atoms with Gasteiger partial charge in [-0.25, -0.2) is 4.79 Å². The number of fused-ring (bicyclic) bond motifs is 2. The molecule has 0 aromatic heterocycles. The van der Waals surface area contributed by atoms with Crippen LogP contribution in [0.2, 0.25) is 0 Å². The fourth-order valence-electron chi connectivity index (χ4n) is 5.25. The summed E-state index contributed by atoms with van der Waals surface area (Å²) in [5.41, 5.74) is 2.21. The summed E-state index contributed by atoms with van der Waals surface area (Å²) in [6.07, 6.45) is 7.00. The molecule has 0 aliphatic carbocycles. The first-order valence-electron chi connectivity index (χ1n) is 13.9. The fourth-order valence-corrected chi connectivity index (χ4v) is 5.25. The Morgan fingerprint density at radius 2 is 1.75 bits per heavy atom. The number of ether oxygens (including phenoxy) is 5. The molecule has 40 heavy (non-hydrogen) atoms. The van der Waals surface area contributed by atoms with Gasteiger partial charge in [0.1, 0.15) is 22.8 Å². The molecule has 0 saturated heterocycles. The van der Waals surface area contributed by atoms with Gasteiger partial charge in [0.15, 0.2) is 11.5 Å². The van der Waals surface area contributed by atoms with Crippen LogP contribution in [-0.2, 0) is 14.3 Å². The monoisotopic (exact) mass is 550 g/mol. The highest BCUT2D eigenvalue weighted by Crippen LogP contribution is 2.48. The zero-order valence-corrected chi connectivity index (χ0v) is 23.9. The topological polar surface area (TPSA) is 97.4 Å². The first-order valence-corrected chi connectivity index (χ1v) is 13.9. The minimum absolute atomic E-state index is 0.0397. The molecule has 214 valence electrons. The van der Waals surface area contributed by atoms with Crippen LogP contribution < -0.4 is 18.9 Å². The van der Waals surface area contributed by atoms with E-state index in [1.165, 1.54) is 7.11 Å². The molecule has 0 amide bonds. The van der Waals surface area contributed by atoms with Crippen LogP contribution in [0.1, 0.15) is 98.7 Å². The summed E-state index contributed by atoms with van der Waals surface area (Å²) in [6.45, 7) is 5.70. The second kappa shape index (κ2) is 13.0. The normalized spacial score (nSPS) is 20.1. The van der Waals surface area contributed by atoms with Gasteiger partial charge in [-0.15, -0.1) is 0 Å². The fraction of sp³-hybridized carbons (Fsp3) is 0.469. The molecule has 2 aliphatic heterocycles. The number of cyclic esters (lactones) is 1. The lowest BCUT2D eigenvalue weighted by Gasteiger charge is -2.29. The Kier molecular flexibility index (Phi) is 9.50. The second-order valence-electron chi connectivity index (χ2n) is 10.5. The molecule has 0 spiro atoms. The van der Waals surface area contributed by atoms with E-state index in [-0.39, 0.29) is 35.9 Å². The highest BCUT2D eigenvalue weighted by Gasteiger charge is 2.36. The van der Waals surface area contributed by atoms with Gasteiger partial charge in [0, 0.05) is 24.3 Å². The summed E-state index contributed by atoms with van der Waals surface area (Å²) >= 11 is 0. The summed E-state index contributed by atoms with van der Waals surface area (Å²) in [7, 11) is 3.07. The number of esters is 2. The van der Waals surface area contributed by atoms with E-state index in [1.54, 1.807) is 19.3 Å². The summed E-state index contributed by atoms with van der Waals surface area (Å²) in [5.74, 6) is 0.643. The number of carbonyl (C=O) groups is 3. The Labute approximate surface area is 235 Å². The van der Waals surface area contributed by atoms with Crippen molar-refractivity contribution >= 4 is 23.8 Å². The number of Topliss-reactive ketones (excluding diaryl/α,β-unsaturated/α-hetero) is 1. The molecule has 2 atom stereocenters. The number of carbonyl (C=O) groups excluding carboxylic acids is 3. The Morgan fingerprint density at radius 3 is 2.48 bits per heavy atom. The van der Waals surface area contributed by atoms with Crippen molar-refractivity contribution in [3.8, 4) is 23.0 Å². The lowest BCUT2D eigenvalue weighted by Crippen LogP contribution is -2.24. The van der Waals surface area contributed by atoms with E-state index < -0.39 is 11.9 Å². The number of rotatable bonds is 5. The molecule has 0 fully saturated rings. The molecule has 2 aromatic rings. The van der Waals surface area contributed by atoms with E-state index >= 15 is 0 Å². The lowest BCUT2D eigenvalue weighted by molar-refractivity contribution is -0.135. The number of ketones is 1. The maximum atomic E-state index is 13.6. The lowest BCUT2D eigenvalue weighted by atomic mass is 9.83. The van der Waals surface area contributed by atoms with E-state index in [0.29, 0.717) is 66.2 Å². The molecule has 8 nitrogen and oxygen atoms in total. The quantitative estimate of drug-likeness (QED) is 0.311. The molecule has 4 rings (SSSR count).